The summed E-state index contributed by atoms with van der Waals surface area (Å²) in [6, 6.07) is 5.72. The van der Waals surface area contributed by atoms with Gasteiger partial charge in [-0.3, -0.25) is 9.59 Å². The fourth-order valence-corrected chi connectivity index (χ4v) is 2.52. The molecular weight excluding hydrogens is 278 g/mol. The molecule has 22 heavy (non-hydrogen) atoms. The van der Waals surface area contributed by atoms with E-state index >= 15 is 0 Å². The number of rotatable bonds is 5. The molecule has 0 amide bonds. The van der Waals surface area contributed by atoms with Gasteiger partial charge in [-0.25, -0.2) is 0 Å². The molecular formula is C17H19N3O2. The van der Waals surface area contributed by atoms with Gasteiger partial charge in [-0.15, -0.1) is 0 Å². The molecule has 2 rings (SSSR count). The second kappa shape index (κ2) is 6.02. The van der Waals surface area contributed by atoms with E-state index in [1.165, 1.54) is 0 Å². The summed E-state index contributed by atoms with van der Waals surface area (Å²) in [5.74, 6) is 0. The van der Waals surface area contributed by atoms with Gasteiger partial charge in [0, 0.05) is 11.7 Å². The second-order valence-corrected chi connectivity index (χ2v) is 5.56. The molecule has 0 aromatic heterocycles. The normalized spacial score (nSPS) is 10.7. The highest BCUT2D eigenvalue weighted by atomic mass is 16.2. The molecule has 0 atom stereocenters. The minimum atomic E-state index is -0.507. The number of nitrogens with zero attached hydrogens (tertiary/aromatic N) is 1. The minimum absolute atomic E-state index is 0.0668. The number of benzene rings is 1. The van der Waals surface area contributed by atoms with E-state index in [1.807, 2.05) is 27.7 Å². The van der Waals surface area contributed by atoms with E-state index in [4.69, 9.17) is 5.26 Å². The molecule has 2 aromatic rings. The summed E-state index contributed by atoms with van der Waals surface area (Å²) in [6.45, 7) is 7.69. The standard InChI is InChI=1S/C17H19N3O2/c1-5-12-10(4)11(8-18)6-7-13(12)20-15-14(19-9(2)3)16(21)17(15)22/h6-7,9,19-20H,5H2,1-4H3. The third-order valence-electron chi connectivity index (χ3n) is 3.68. The van der Waals surface area contributed by atoms with E-state index in [0.717, 1.165) is 23.2 Å². The van der Waals surface area contributed by atoms with Crippen LogP contribution in [0.4, 0.5) is 17.1 Å². The molecule has 0 fully saturated rings. The first kappa shape index (κ1) is 15.8. The molecule has 0 heterocycles. The van der Waals surface area contributed by atoms with Crippen LogP contribution in [0.15, 0.2) is 21.7 Å². The monoisotopic (exact) mass is 297 g/mol. The van der Waals surface area contributed by atoms with Crippen LogP contribution < -0.4 is 21.5 Å². The first-order chi connectivity index (χ1) is 10.4. The van der Waals surface area contributed by atoms with Gasteiger partial charge in [0.05, 0.1) is 11.6 Å². The molecule has 0 spiro atoms. The van der Waals surface area contributed by atoms with Crippen molar-refractivity contribution in [3.8, 4) is 6.07 Å². The number of nitriles is 1. The van der Waals surface area contributed by atoms with Crippen LogP contribution in [0.2, 0.25) is 0 Å². The van der Waals surface area contributed by atoms with Gasteiger partial charge >= 0.3 is 0 Å². The SMILES string of the molecule is CCc1c(Nc2c(NC(C)C)c(=O)c2=O)ccc(C#N)c1C. The predicted molar refractivity (Wildman–Crippen MR) is 88.7 cm³/mol. The summed E-state index contributed by atoms with van der Waals surface area (Å²) >= 11 is 0. The number of anilines is 3. The average molecular weight is 297 g/mol. The van der Waals surface area contributed by atoms with Gasteiger partial charge in [-0.05, 0) is 50.5 Å². The summed E-state index contributed by atoms with van der Waals surface area (Å²) < 4.78 is 0. The van der Waals surface area contributed by atoms with E-state index in [1.54, 1.807) is 12.1 Å². The van der Waals surface area contributed by atoms with E-state index in [0.29, 0.717) is 16.9 Å². The number of hydrogen-bond acceptors (Lipinski definition) is 5. The molecule has 0 bridgehead atoms. The molecule has 0 aliphatic rings. The summed E-state index contributed by atoms with van der Waals surface area (Å²) in [7, 11) is 0. The van der Waals surface area contributed by atoms with E-state index in [2.05, 4.69) is 16.7 Å². The Morgan fingerprint density at radius 3 is 2.36 bits per heavy atom. The Kier molecular flexibility index (Phi) is 4.32. The van der Waals surface area contributed by atoms with Gasteiger partial charge < -0.3 is 10.6 Å². The third kappa shape index (κ3) is 2.60. The molecule has 5 heteroatoms. The Morgan fingerprint density at radius 2 is 1.82 bits per heavy atom. The Bertz CT molecular complexity index is 822. The lowest BCUT2D eigenvalue weighted by atomic mass is 9.98. The molecule has 0 saturated carbocycles. The summed E-state index contributed by atoms with van der Waals surface area (Å²) in [4.78, 5) is 23.5. The molecule has 2 N–H and O–H groups in total. The van der Waals surface area contributed by atoms with Gasteiger partial charge in [-0.1, -0.05) is 6.92 Å². The van der Waals surface area contributed by atoms with Crippen molar-refractivity contribution in [1.82, 2.24) is 0 Å². The Labute approximate surface area is 129 Å². The van der Waals surface area contributed by atoms with Crippen LogP contribution in [0.1, 0.15) is 37.5 Å². The lowest BCUT2D eigenvalue weighted by molar-refractivity contribution is 0.894. The first-order valence-electron chi connectivity index (χ1n) is 7.30. The molecule has 0 radical (unpaired) electrons. The molecule has 0 unspecified atom stereocenters. The highest BCUT2D eigenvalue weighted by Crippen LogP contribution is 2.28. The van der Waals surface area contributed by atoms with Crippen molar-refractivity contribution in [2.45, 2.75) is 40.2 Å². The van der Waals surface area contributed by atoms with Crippen LogP contribution in [-0.2, 0) is 6.42 Å². The lowest BCUT2D eigenvalue weighted by Gasteiger charge is -2.19. The van der Waals surface area contributed by atoms with E-state index in [-0.39, 0.29) is 6.04 Å². The van der Waals surface area contributed by atoms with Crippen LogP contribution in [0.5, 0.6) is 0 Å². The molecule has 0 aliphatic heterocycles. The fourth-order valence-electron chi connectivity index (χ4n) is 2.52. The maximum absolute atomic E-state index is 11.8. The maximum atomic E-state index is 11.8. The van der Waals surface area contributed by atoms with Crippen molar-refractivity contribution in [2.24, 2.45) is 0 Å². The van der Waals surface area contributed by atoms with Crippen LogP contribution in [0.3, 0.4) is 0 Å². The Hall–Kier alpha value is -2.61. The maximum Gasteiger partial charge on any atom is 0.253 e. The fraction of sp³-hybridized carbons (Fsp3) is 0.353. The van der Waals surface area contributed by atoms with Crippen LogP contribution >= 0.6 is 0 Å². The van der Waals surface area contributed by atoms with Crippen LogP contribution in [-0.4, -0.2) is 6.04 Å². The van der Waals surface area contributed by atoms with E-state index in [9.17, 15) is 9.59 Å². The van der Waals surface area contributed by atoms with Crippen molar-refractivity contribution >= 4 is 17.1 Å². The van der Waals surface area contributed by atoms with Gasteiger partial charge in [0.15, 0.2) is 0 Å². The average Bonchev–Trinajstić information content (AvgIpc) is 2.50. The topological polar surface area (TPSA) is 82.0 Å². The quantitative estimate of drug-likeness (QED) is 0.829. The number of hydrogen-bond donors (Lipinski definition) is 2. The van der Waals surface area contributed by atoms with Gasteiger partial charge in [-0.2, -0.15) is 5.26 Å². The highest BCUT2D eigenvalue weighted by Gasteiger charge is 2.22. The second-order valence-electron chi connectivity index (χ2n) is 5.56. The van der Waals surface area contributed by atoms with Crippen LogP contribution in [0.25, 0.3) is 0 Å². The Balaban J connectivity index is 2.43. The van der Waals surface area contributed by atoms with Crippen molar-refractivity contribution in [1.29, 1.82) is 5.26 Å². The highest BCUT2D eigenvalue weighted by molar-refractivity contribution is 5.80. The smallest absolute Gasteiger partial charge is 0.253 e. The van der Waals surface area contributed by atoms with Gasteiger partial charge in [0.25, 0.3) is 10.9 Å². The molecule has 0 saturated heterocycles. The van der Waals surface area contributed by atoms with Crippen molar-refractivity contribution in [3.05, 3.63) is 49.3 Å². The molecule has 0 aliphatic carbocycles. The predicted octanol–water partition coefficient (Wildman–Crippen LogP) is 2.59. The summed E-state index contributed by atoms with van der Waals surface area (Å²) in [5, 5.41) is 15.2. The molecule has 5 nitrogen and oxygen atoms in total. The minimum Gasteiger partial charge on any atom is -0.378 e. The number of nitrogens with one attached hydrogen (secondary N) is 2. The van der Waals surface area contributed by atoms with Crippen LogP contribution in [0, 0.1) is 18.3 Å². The largest absolute Gasteiger partial charge is 0.378 e. The van der Waals surface area contributed by atoms with Crippen molar-refractivity contribution in [3.63, 3.8) is 0 Å². The zero-order chi connectivity index (χ0) is 16.4. The summed E-state index contributed by atoms with van der Waals surface area (Å²) in [5.41, 5.74) is 2.90. The van der Waals surface area contributed by atoms with Crippen molar-refractivity contribution in [2.75, 3.05) is 10.6 Å². The third-order valence-corrected chi connectivity index (χ3v) is 3.68. The molecule has 2 aromatic carbocycles. The zero-order valence-corrected chi connectivity index (χ0v) is 13.2. The molecule has 114 valence electrons. The van der Waals surface area contributed by atoms with E-state index < -0.39 is 10.9 Å². The van der Waals surface area contributed by atoms with Crippen molar-refractivity contribution < 1.29 is 0 Å². The lowest BCUT2D eigenvalue weighted by Crippen LogP contribution is -2.38. The van der Waals surface area contributed by atoms with Gasteiger partial charge in [0.1, 0.15) is 11.4 Å². The Morgan fingerprint density at radius 1 is 1.18 bits per heavy atom. The zero-order valence-electron chi connectivity index (χ0n) is 13.2. The summed E-state index contributed by atoms with van der Waals surface area (Å²) in [6.07, 6.45) is 0.728. The van der Waals surface area contributed by atoms with Gasteiger partial charge in [0.2, 0.25) is 0 Å². The first-order valence-corrected chi connectivity index (χ1v) is 7.30.